The van der Waals surface area contributed by atoms with Crippen molar-refractivity contribution < 1.29 is 28.8 Å². The zero-order valence-electron chi connectivity index (χ0n) is 24.3. The van der Waals surface area contributed by atoms with E-state index < -0.39 is 39.5 Å². The van der Waals surface area contributed by atoms with E-state index in [4.69, 9.17) is 0 Å². The second kappa shape index (κ2) is 12.2. The summed E-state index contributed by atoms with van der Waals surface area (Å²) in [5, 5.41) is 39.9. The van der Waals surface area contributed by atoms with Crippen molar-refractivity contribution in [2.75, 3.05) is 6.61 Å². The molecule has 4 N–H and O–H groups in total. The molecule has 0 radical (unpaired) electrons. The second-order valence-electron chi connectivity index (χ2n) is 13.1. The van der Waals surface area contributed by atoms with Gasteiger partial charge in [0.25, 0.3) is 0 Å². The Morgan fingerprint density at radius 2 is 1.88 bits per heavy atom. The average molecular weight is 573 g/mol. The molecule has 3 fully saturated rings. The lowest BCUT2D eigenvalue weighted by Gasteiger charge is -2.46. The van der Waals surface area contributed by atoms with Crippen molar-refractivity contribution in [1.82, 2.24) is 0 Å². The van der Waals surface area contributed by atoms with E-state index in [-0.39, 0.29) is 30.1 Å². The minimum atomic E-state index is -3.66. The van der Waals surface area contributed by atoms with Crippen molar-refractivity contribution in [2.24, 2.45) is 23.2 Å². The normalized spacial score (nSPS) is 34.4. The van der Waals surface area contributed by atoms with Crippen LogP contribution in [0.15, 0.2) is 70.7 Å². The highest BCUT2D eigenvalue weighted by Gasteiger charge is 2.53. The zero-order chi connectivity index (χ0) is 29.3. The van der Waals surface area contributed by atoms with Crippen molar-refractivity contribution >= 4 is 9.84 Å². The Kier molecular flexibility index (Phi) is 9.53. The lowest BCUT2D eigenvalue weighted by atomic mass is 9.60. The monoisotopic (exact) mass is 572 g/mol. The molecule has 0 aromatic heterocycles. The van der Waals surface area contributed by atoms with Gasteiger partial charge in [-0.1, -0.05) is 56.4 Å². The van der Waals surface area contributed by atoms with Gasteiger partial charge in [-0.15, -0.1) is 0 Å². The van der Waals surface area contributed by atoms with Gasteiger partial charge >= 0.3 is 0 Å². The van der Waals surface area contributed by atoms with Crippen LogP contribution in [0.3, 0.4) is 0 Å². The first kappa shape index (κ1) is 31.2. The molecule has 222 valence electrons. The number of sulfone groups is 1. The third-order valence-corrected chi connectivity index (χ3v) is 12.7. The number of allylic oxidation sites excluding steroid dienone is 3. The maximum absolute atomic E-state index is 14.0. The summed E-state index contributed by atoms with van der Waals surface area (Å²) in [6.07, 6.45) is 9.26. The van der Waals surface area contributed by atoms with Crippen LogP contribution in [0.25, 0.3) is 0 Å². The number of benzene rings is 1. The second-order valence-corrected chi connectivity index (χ2v) is 15.3. The first-order valence-corrected chi connectivity index (χ1v) is 16.4. The summed E-state index contributed by atoms with van der Waals surface area (Å²) >= 11 is 0. The fraction of sp³-hybridized carbons (Fsp3) is 0.636. The highest BCUT2D eigenvalue weighted by Crippen LogP contribution is 2.60. The Bertz CT molecular complexity index is 1220. The lowest BCUT2D eigenvalue weighted by Crippen LogP contribution is -2.42. The van der Waals surface area contributed by atoms with Gasteiger partial charge in [-0.3, -0.25) is 0 Å². The van der Waals surface area contributed by atoms with Crippen LogP contribution in [0.4, 0.5) is 0 Å². The first-order valence-electron chi connectivity index (χ1n) is 14.9. The molecule has 8 atom stereocenters. The van der Waals surface area contributed by atoms with E-state index in [0.29, 0.717) is 29.2 Å². The molecule has 0 heterocycles. The largest absolute Gasteiger partial charge is 0.393 e. The maximum atomic E-state index is 14.0. The number of hydrogen-bond donors (Lipinski definition) is 4. The topological polar surface area (TPSA) is 115 Å². The smallest absolute Gasteiger partial charge is 0.181 e. The molecule has 40 heavy (non-hydrogen) atoms. The van der Waals surface area contributed by atoms with Gasteiger partial charge in [-0.05, 0) is 105 Å². The third-order valence-electron chi connectivity index (χ3n) is 10.3. The minimum Gasteiger partial charge on any atom is -0.393 e. The predicted molar refractivity (Wildman–Crippen MR) is 158 cm³/mol. The highest BCUT2D eigenvalue weighted by molar-refractivity contribution is 7.92. The number of hydrogen-bond acceptors (Lipinski definition) is 6. The van der Waals surface area contributed by atoms with Crippen LogP contribution < -0.4 is 0 Å². The first-order chi connectivity index (χ1) is 18.8. The molecule has 2 unspecified atom stereocenters. The number of aliphatic hydroxyl groups is 4. The molecule has 3 saturated carbocycles. The Morgan fingerprint density at radius 1 is 1.18 bits per heavy atom. The Balaban J connectivity index is 1.62. The standard InChI is InChI=1S/C33H48O6S/c1-22-25(19-26(35)20-30(22)36)13-12-24-9-8-17-33(4)28(14-15-29(24)33)23(2)31(16-18-32(3,37)21-34)40(38,39)27-10-6-5-7-11-27/h5-7,10-13,23,26,28-31,34-37H,1,8-9,14-21H2,2-4H3/b24-12+,25-13-/t23-,26+,28+,29-,30-,31?,32?,33+/m0/s1. The molecule has 4 rings (SSSR count). The molecule has 1 aromatic carbocycles. The van der Waals surface area contributed by atoms with Gasteiger partial charge in [0, 0.05) is 6.42 Å². The number of fused-ring (bicyclic) bond motifs is 1. The van der Waals surface area contributed by atoms with Crippen LogP contribution >= 0.6 is 0 Å². The molecule has 0 spiro atoms. The summed E-state index contributed by atoms with van der Waals surface area (Å²) in [5.41, 5.74) is 1.58. The van der Waals surface area contributed by atoms with Gasteiger partial charge < -0.3 is 20.4 Å². The third kappa shape index (κ3) is 6.34. The average Bonchev–Trinajstić information content (AvgIpc) is 3.27. The Hall–Kier alpha value is -1.77. The molecule has 0 bridgehead atoms. The molecular formula is C33H48O6S. The van der Waals surface area contributed by atoms with Crippen molar-refractivity contribution in [3.63, 3.8) is 0 Å². The molecule has 0 aliphatic heterocycles. The zero-order valence-corrected chi connectivity index (χ0v) is 25.1. The van der Waals surface area contributed by atoms with Gasteiger partial charge in [-0.2, -0.15) is 0 Å². The van der Waals surface area contributed by atoms with E-state index >= 15 is 0 Å². The highest BCUT2D eigenvalue weighted by atomic mass is 32.2. The van der Waals surface area contributed by atoms with Gasteiger partial charge in [0.2, 0.25) is 0 Å². The fourth-order valence-electron chi connectivity index (χ4n) is 7.89. The maximum Gasteiger partial charge on any atom is 0.181 e. The summed E-state index contributed by atoms with van der Waals surface area (Å²) in [5.74, 6) is 0.415. The van der Waals surface area contributed by atoms with E-state index in [0.717, 1.165) is 37.7 Å². The van der Waals surface area contributed by atoms with Crippen LogP contribution in [0.5, 0.6) is 0 Å². The van der Waals surface area contributed by atoms with Gasteiger partial charge in [-0.25, -0.2) is 8.42 Å². The fourth-order valence-corrected chi connectivity index (χ4v) is 9.95. The van der Waals surface area contributed by atoms with Crippen LogP contribution in [0.1, 0.15) is 78.6 Å². The number of rotatable bonds is 9. The molecule has 7 heteroatoms. The van der Waals surface area contributed by atoms with Crippen molar-refractivity contribution in [2.45, 2.75) is 107 Å². The molecule has 3 aliphatic rings. The van der Waals surface area contributed by atoms with Crippen LogP contribution in [0, 0.1) is 23.2 Å². The van der Waals surface area contributed by atoms with E-state index in [1.165, 1.54) is 5.57 Å². The number of aliphatic hydroxyl groups excluding tert-OH is 3. The molecule has 1 aromatic rings. The molecule has 0 amide bonds. The van der Waals surface area contributed by atoms with E-state index in [1.54, 1.807) is 31.2 Å². The SMILES string of the molecule is C=C1/C(=C\C=C2/CCC[C@]3(C)[C@@H]([C@H](C)C(CCC(C)(O)CO)S(=O)(=O)c4ccccc4)CC[C@@H]23)C[C@@H](O)C[C@@H]1O. The molecular weight excluding hydrogens is 524 g/mol. The van der Waals surface area contributed by atoms with Gasteiger partial charge in [0.1, 0.15) is 0 Å². The summed E-state index contributed by atoms with van der Waals surface area (Å²) < 4.78 is 28.0. The van der Waals surface area contributed by atoms with Gasteiger partial charge in [0.15, 0.2) is 9.84 Å². The predicted octanol–water partition coefficient (Wildman–Crippen LogP) is 5.13. The van der Waals surface area contributed by atoms with E-state index in [1.807, 2.05) is 12.1 Å². The summed E-state index contributed by atoms with van der Waals surface area (Å²) in [7, 11) is -3.66. The van der Waals surface area contributed by atoms with E-state index in [2.05, 4.69) is 26.5 Å². The Labute approximate surface area is 240 Å². The summed E-state index contributed by atoms with van der Waals surface area (Å²) in [6.45, 7) is 9.60. The van der Waals surface area contributed by atoms with Crippen molar-refractivity contribution in [3.8, 4) is 0 Å². The van der Waals surface area contributed by atoms with Gasteiger partial charge in [0.05, 0.1) is 34.6 Å². The lowest BCUT2D eigenvalue weighted by molar-refractivity contribution is -0.00857. The molecule has 0 saturated heterocycles. The van der Waals surface area contributed by atoms with Crippen molar-refractivity contribution in [1.29, 1.82) is 0 Å². The molecule has 3 aliphatic carbocycles. The van der Waals surface area contributed by atoms with Crippen molar-refractivity contribution in [3.05, 3.63) is 65.8 Å². The molecule has 6 nitrogen and oxygen atoms in total. The van der Waals surface area contributed by atoms with Crippen LogP contribution in [0.2, 0.25) is 0 Å². The summed E-state index contributed by atoms with van der Waals surface area (Å²) in [4.78, 5) is 0.308. The van der Waals surface area contributed by atoms with Crippen LogP contribution in [-0.4, -0.2) is 58.5 Å². The van der Waals surface area contributed by atoms with E-state index in [9.17, 15) is 28.8 Å². The Morgan fingerprint density at radius 3 is 2.55 bits per heavy atom. The summed E-state index contributed by atoms with van der Waals surface area (Å²) in [6, 6.07) is 8.61. The van der Waals surface area contributed by atoms with Crippen LogP contribution in [-0.2, 0) is 9.84 Å². The minimum absolute atomic E-state index is 0.0471. The quantitative estimate of drug-likeness (QED) is 0.326.